The van der Waals surface area contributed by atoms with Crippen LogP contribution in [0.15, 0.2) is 0 Å². The Morgan fingerprint density at radius 2 is 1.73 bits per heavy atom. The molecule has 1 fully saturated rings. The van der Waals surface area contributed by atoms with Gasteiger partial charge in [0.1, 0.15) is 0 Å². The molecule has 0 radical (unpaired) electrons. The van der Waals surface area contributed by atoms with Crippen molar-refractivity contribution in [1.82, 2.24) is 0 Å². The zero-order valence-electron chi connectivity index (χ0n) is 6.25. The fourth-order valence-corrected chi connectivity index (χ4v) is 1.20. The van der Waals surface area contributed by atoms with E-state index in [-0.39, 0.29) is 17.4 Å². The maximum atomic E-state index is 8.94. The molecule has 1 aliphatic carbocycles. The van der Waals surface area contributed by atoms with Gasteiger partial charge in [-0.15, -0.1) is 0 Å². The average molecular weight is 168 g/mol. The number of hydrogen-bond acceptors (Lipinski definition) is 3. The van der Waals surface area contributed by atoms with Crippen LogP contribution in [0.5, 0.6) is 0 Å². The number of hydrogen-bond donors (Lipinski definition) is 3. The summed E-state index contributed by atoms with van der Waals surface area (Å²) in [5.74, 6) is -1.60. The highest BCUT2D eigenvalue weighted by Gasteiger charge is 2.30. The van der Waals surface area contributed by atoms with Gasteiger partial charge >= 0.3 is 0 Å². The third-order valence-corrected chi connectivity index (χ3v) is 1.68. The first-order valence-electron chi connectivity index (χ1n) is 3.23. The van der Waals surface area contributed by atoms with Crippen molar-refractivity contribution in [2.24, 2.45) is 0 Å². The second-order valence-electron chi connectivity index (χ2n) is 2.73. The molecule has 11 heavy (non-hydrogen) atoms. The lowest BCUT2D eigenvalue weighted by Gasteiger charge is -2.29. The smallest absolute Gasteiger partial charge is 0.164 e. The highest BCUT2D eigenvalue weighted by molar-refractivity contribution is 4.76. The van der Waals surface area contributed by atoms with Gasteiger partial charge in [-0.1, -0.05) is 0 Å². The summed E-state index contributed by atoms with van der Waals surface area (Å²) in [4.78, 5) is 0. The van der Waals surface area contributed by atoms with Gasteiger partial charge in [-0.05, 0) is 12.8 Å². The molecule has 0 bridgehead atoms. The Hall–Kier alpha value is -0.200. The summed E-state index contributed by atoms with van der Waals surface area (Å²) in [5.41, 5.74) is 0. The van der Waals surface area contributed by atoms with Gasteiger partial charge in [-0.3, -0.25) is 0 Å². The minimum absolute atomic E-state index is 0. The van der Waals surface area contributed by atoms with E-state index < -0.39 is 11.9 Å². The molecular weight excluding hydrogens is 152 g/mol. The maximum absolute atomic E-state index is 8.94. The van der Waals surface area contributed by atoms with Crippen molar-refractivity contribution >= 4 is 0 Å². The third-order valence-electron chi connectivity index (χ3n) is 1.68. The molecule has 0 aliphatic heterocycles. The lowest BCUT2D eigenvalue weighted by molar-refractivity contribution is -0.198. The second-order valence-corrected chi connectivity index (χ2v) is 2.73. The standard InChI is InChI=1S/C6H12O3.2H2O/c7-5-2-1-3-6(8,9)4-5;;/h5,7-9H,1-4H2;2*1H2. The van der Waals surface area contributed by atoms with Crippen LogP contribution >= 0.6 is 0 Å². The highest BCUT2D eigenvalue weighted by atomic mass is 16.5. The summed E-state index contributed by atoms with van der Waals surface area (Å²) < 4.78 is 0. The van der Waals surface area contributed by atoms with Crippen molar-refractivity contribution in [3.8, 4) is 0 Å². The van der Waals surface area contributed by atoms with Crippen LogP contribution < -0.4 is 0 Å². The summed E-state index contributed by atoms with van der Waals surface area (Å²) in [6.45, 7) is 0. The summed E-state index contributed by atoms with van der Waals surface area (Å²) in [5, 5.41) is 26.8. The molecule has 1 saturated carbocycles. The van der Waals surface area contributed by atoms with Gasteiger partial charge in [0.15, 0.2) is 5.79 Å². The normalized spacial score (nSPS) is 28.1. The zero-order valence-corrected chi connectivity index (χ0v) is 6.25. The van der Waals surface area contributed by atoms with Crippen molar-refractivity contribution in [3.05, 3.63) is 0 Å². The van der Waals surface area contributed by atoms with Crippen LogP contribution in [0.1, 0.15) is 25.7 Å². The molecule has 0 heterocycles. The lowest BCUT2D eigenvalue weighted by atomic mass is 9.92. The molecule has 1 atom stereocenters. The van der Waals surface area contributed by atoms with Crippen LogP contribution in [-0.4, -0.2) is 38.2 Å². The molecule has 5 nitrogen and oxygen atoms in total. The van der Waals surface area contributed by atoms with Crippen LogP contribution in [0.2, 0.25) is 0 Å². The summed E-state index contributed by atoms with van der Waals surface area (Å²) >= 11 is 0. The summed E-state index contributed by atoms with van der Waals surface area (Å²) in [7, 11) is 0. The molecular formula is C6H16O5. The Labute approximate surface area is 64.9 Å². The number of rotatable bonds is 0. The number of aliphatic hydroxyl groups excluding tert-OH is 1. The van der Waals surface area contributed by atoms with E-state index in [0.29, 0.717) is 19.3 Å². The first-order chi connectivity index (χ1) is 4.10. The van der Waals surface area contributed by atoms with E-state index in [2.05, 4.69) is 0 Å². The molecule has 0 amide bonds. The Bertz CT molecular complexity index is 103. The van der Waals surface area contributed by atoms with Crippen LogP contribution in [0.4, 0.5) is 0 Å². The van der Waals surface area contributed by atoms with Gasteiger partial charge in [0.2, 0.25) is 0 Å². The SMILES string of the molecule is O.O.OC1CCCC(O)(O)C1. The molecule has 0 aromatic rings. The third kappa shape index (κ3) is 4.28. The van der Waals surface area contributed by atoms with Crippen molar-refractivity contribution in [1.29, 1.82) is 0 Å². The second kappa shape index (κ2) is 4.63. The molecule has 0 aromatic carbocycles. The minimum Gasteiger partial charge on any atom is -0.412 e. The molecule has 1 unspecified atom stereocenters. The van der Waals surface area contributed by atoms with Gasteiger partial charge in [0.25, 0.3) is 0 Å². The van der Waals surface area contributed by atoms with E-state index in [9.17, 15) is 0 Å². The van der Waals surface area contributed by atoms with E-state index in [1.807, 2.05) is 0 Å². The fraction of sp³-hybridized carbons (Fsp3) is 1.00. The predicted molar refractivity (Wildman–Crippen MR) is 38.9 cm³/mol. The van der Waals surface area contributed by atoms with E-state index in [1.54, 1.807) is 0 Å². The molecule has 70 valence electrons. The first kappa shape index (κ1) is 13.4. The average Bonchev–Trinajstić information content (AvgIpc) is 1.60. The molecule has 0 saturated heterocycles. The van der Waals surface area contributed by atoms with E-state index in [0.717, 1.165) is 0 Å². The monoisotopic (exact) mass is 168 g/mol. The molecule has 7 N–H and O–H groups in total. The van der Waals surface area contributed by atoms with E-state index in [4.69, 9.17) is 15.3 Å². The van der Waals surface area contributed by atoms with Crippen LogP contribution in [0.25, 0.3) is 0 Å². The van der Waals surface area contributed by atoms with Crippen molar-refractivity contribution in [2.75, 3.05) is 0 Å². The molecule has 0 spiro atoms. The molecule has 1 aliphatic rings. The van der Waals surface area contributed by atoms with Gasteiger partial charge in [0, 0.05) is 12.8 Å². The largest absolute Gasteiger partial charge is 0.412 e. The number of aliphatic hydroxyl groups is 3. The Morgan fingerprint density at radius 3 is 2.00 bits per heavy atom. The Balaban J connectivity index is 0. The summed E-state index contributed by atoms with van der Waals surface area (Å²) in [6.07, 6.45) is 1.38. The van der Waals surface area contributed by atoms with Gasteiger partial charge < -0.3 is 26.3 Å². The topological polar surface area (TPSA) is 124 Å². The predicted octanol–water partition coefficient (Wildman–Crippen LogP) is -2.05. The van der Waals surface area contributed by atoms with Gasteiger partial charge in [0.05, 0.1) is 6.10 Å². The van der Waals surface area contributed by atoms with E-state index >= 15 is 0 Å². The molecule has 0 aromatic heterocycles. The fourth-order valence-electron chi connectivity index (χ4n) is 1.20. The molecule has 1 rings (SSSR count). The van der Waals surface area contributed by atoms with E-state index in [1.165, 1.54) is 0 Å². The molecule has 5 heteroatoms. The Morgan fingerprint density at radius 1 is 1.18 bits per heavy atom. The Kier molecular flexibility index (Phi) is 5.64. The van der Waals surface area contributed by atoms with Crippen molar-refractivity contribution in [2.45, 2.75) is 37.6 Å². The quantitative estimate of drug-likeness (QED) is 0.360. The van der Waals surface area contributed by atoms with Crippen LogP contribution in [0.3, 0.4) is 0 Å². The van der Waals surface area contributed by atoms with Gasteiger partial charge in [-0.25, -0.2) is 0 Å². The van der Waals surface area contributed by atoms with Crippen molar-refractivity contribution in [3.63, 3.8) is 0 Å². The van der Waals surface area contributed by atoms with Crippen LogP contribution in [0, 0.1) is 0 Å². The summed E-state index contributed by atoms with van der Waals surface area (Å²) in [6, 6.07) is 0. The minimum atomic E-state index is -1.60. The van der Waals surface area contributed by atoms with Gasteiger partial charge in [-0.2, -0.15) is 0 Å². The highest BCUT2D eigenvalue weighted by Crippen LogP contribution is 2.25. The lowest BCUT2D eigenvalue weighted by Crippen LogP contribution is -2.36. The van der Waals surface area contributed by atoms with Crippen molar-refractivity contribution < 1.29 is 26.3 Å². The first-order valence-corrected chi connectivity index (χ1v) is 3.23. The maximum Gasteiger partial charge on any atom is 0.164 e. The zero-order chi connectivity index (χ0) is 6.91. The van der Waals surface area contributed by atoms with Crippen LogP contribution in [-0.2, 0) is 0 Å².